The van der Waals surface area contributed by atoms with E-state index in [-0.39, 0.29) is 6.04 Å². The van der Waals surface area contributed by atoms with Gasteiger partial charge in [-0.15, -0.1) is 0 Å². The molecule has 1 fully saturated rings. The highest BCUT2D eigenvalue weighted by molar-refractivity contribution is 5.37. The maximum absolute atomic E-state index is 6.49. The number of nitrogens with two attached hydrogens (primary N) is 1. The lowest BCUT2D eigenvalue weighted by molar-refractivity contribution is 0.0851. The quantitative estimate of drug-likeness (QED) is 0.921. The number of fused-ring (bicyclic) bond motifs is 1. The Bertz CT molecular complexity index is 448. The van der Waals surface area contributed by atoms with Gasteiger partial charge in [0.15, 0.2) is 0 Å². The Balaban J connectivity index is 1.69. The van der Waals surface area contributed by atoms with Crippen LogP contribution < -0.4 is 10.5 Å². The van der Waals surface area contributed by atoms with E-state index in [9.17, 15) is 0 Å². The minimum Gasteiger partial charge on any atom is -0.493 e. The number of likely N-dealkylation sites (tertiary alicyclic amines) is 1. The second-order valence-electron chi connectivity index (χ2n) is 6.19. The molecule has 3 unspecified atom stereocenters. The molecule has 20 heavy (non-hydrogen) atoms. The van der Waals surface area contributed by atoms with Crippen LogP contribution in [0.4, 0.5) is 0 Å². The second kappa shape index (κ2) is 6.15. The molecule has 3 rings (SSSR count). The van der Waals surface area contributed by atoms with E-state index in [1.165, 1.54) is 37.8 Å². The molecule has 1 saturated heterocycles. The summed E-state index contributed by atoms with van der Waals surface area (Å²) in [7, 11) is 0. The van der Waals surface area contributed by atoms with Crippen LogP contribution in [0.15, 0.2) is 24.3 Å². The number of hydrogen-bond acceptors (Lipinski definition) is 3. The molecule has 3 nitrogen and oxygen atoms in total. The zero-order valence-corrected chi connectivity index (χ0v) is 12.4. The summed E-state index contributed by atoms with van der Waals surface area (Å²) in [6, 6.07) is 9.07. The van der Waals surface area contributed by atoms with Crippen molar-refractivity contribution in [2.24, 2.45) is 11.7 Å². The first-order chi connectivity index (χ1) is 9.79. The van der Waals surface area contributed by atoms with Crippen molar-refractivity contribution in [1.82, 2.24) is 4.90 Å². The first kappa shape index (κ1) is 13.9. The average Bonchev–Trinajstić information content (AvgIpc) is 2.51. The van der Waals surface area contributed by atoms with Gasteiger partial charge >= 0.3 is 0 Å². The number of para-hydroxylation sites is 1. The summed E-state index contributed by atoms with van der Waals surface area (Å²) in [4.78, 5) is 2.64. The maximum Gasteiger partial charge on any atom is 0.124 e. The first-order valence-electron chi connectivity index (χ1n) is 8.01. The molecule has 2 aliphatic heterocycles. The van der Waals surface area contributed by atoms with E-state index in [2.05, 4.69) is 24.0 Å². The van der Waals surface area contributed by atoms with Crippen molar-refractivity contribution in [1.29, 1.82) is 0 Å². The zero-order valence-electron chi connectivity index (χ0n) is 12.4. The van der Waals surface area contributed by atoms with Crippen molar-refractivity contribution >= 4 is 0 Å². The fourth-order valence-electron chi connectivity index (χ4n) is 3.67. The third-order valence-corrected chi connectivity index (χ3v) is 4.93. The van der Waals surface area contributed by atoms with Crippen molar-refractivity contribution in [2.75, 3.05) is 19.7 Å². The molecule has 110 valence electrons. The Hall–Kier alpha value is -1.06. The van der Waals surface area contributed by atoms with Gasteiger partial charge in [-0.3, -0.25) is 4.90 Å². The summed E-state index contributed by atoms with van der Waals surface area (Å²) in [5.74, 6) is 1.39. The Morgan fingerprint density at radius 1 is 1.30 bits per heavy atom. The lowest BCUT2D eigenvalue weighted by Crippen LogP contribution is -2.46. The van der Waals surface area contributed by atoms with Gasteiger partial charge in [0.2, 0.25) is 0 Å². The largest absolute Gasteiger partial charge is 0.493 e. The summed E-state index contributed by atoms with van der Waals surface area (Å²) in [5, 5.41) is 0. The fourth-order valence-corrected chi connectivity index (χ4v) is 3.67. The van der Waals surface area contributed by atoms with Crippen LogP contribution >= 0.6 is 0 Å². The summed E-state index contributed by atoms with van der Waals surface area (Å²) >= 11 is 0. The van der Waals surface area contributed by atoms with E-state index in [0.717, 1.165) is 24.9 Å². The topological polar surface area (TPSA) is 38.5 Å². The van der Waals surface area contributed by atoms with Crippen LogP contribution in [0.25, 0.3) is 0 Å². The maximum atomic E-state index is 6.49. The molecule has 0 saturated carbocycles. The van der Waals surface area contributed by atoms with Crippen LogP contribution in [0.1, 0.15) is 44.2 Å². The SMILES string of the molecule is CCC1CCCCN1CC1COc2ccccc2C1N. The third kappa shape index (κ3) is 2.70. The first-order valence-corrected chi connectivity index (χ1v) is 8.01. The number of ether oxygens (including phenoxy) is 1. The molecular weight excluding hydrogens is 248 g/mol. The molecule has 0 bridgehead atoms. The van der Waals surface area contributed by atoms with Crippen LogP contribution in [-0.4, -0.2) is 30.6 Å². The molecule has 0 aliphatic carbocycles. The standard InChI is InChI=1S/C17H26N2O/c1-2-14-7-5-6-10-19(14)11-13-12-20-16-9-4-3-8-15(16)17(13)18/h3-4,8-9,13-14,17H,2,5-7,10-12,18H2,1H3. The van der Waals surface area contributed by atoms with Crippen molar-refractivity contribution in [3.8, 4) is 5.75 Å². The van der Waals surface area contributed by atoms with E-state index >= 15 is 0 Å². The molecule has 2 N–H and O–H groups in total. The minimum absolute atomic E-state index is 0.111. The summed E-state index contributed by atoms with van der Waals surface area (Å²) in [6.45, 7) is 5.36. The van der Waals surface area contributed by atoms with Crippen LogP contribution in [-0.2, 0) is 0 Å². The molecule has 0 spiro atoms. The molecule has 3 atom stereocenters. The fraction of sp³-hybridized carbons (Fsp3) is 0.647. The van der Waals surface area contributed by atoms with Gasteiger partial charge in [0.25, 0.3) is 0 Å². The van der Waals surface area contributed by atoms with Crippen molar-refractivity contribution < 1.29 is 4.74 Å². The van der Waals surface area contributed by atoms with Gasteiger partial charge in [-0.1, -0.05) is 31.5 Å². The predicted octanol–water partition coefficient (Wildman–Crippen LogP) is 2.96. The zero-order chi connectivity index (χ0) is 13.9. The van der Waals surface area contributed by atoms with E-state index in [4.69, 9.17) is 10.5 Å². The highest BCUT2D eigenvalue weighted by Gasteiger charge is 2.31. The van der Waals surface area contributed by atoms with Crippen molar-refractivity contribution in [3.05, 3.63) is 29.8 Å². The Morgan fingerprint density at radius 2 is 2.15 bits per heavy atom. The van der Waals surface area contributed by atoms with Gasteiger partial charge in [0, 0.05) is 30.1 Å². The number of nitrogens with zero attached hydrogens (tertiary/aromatic N) is 1. The summed E-state index contributed by atoms with van der Waals surface area (Å²) < 4.78 is 5.91. The molecule has 0 radical (unpaired) electrons. The third-order valence-electron chi connectivity index (χ3n) is 4.93. The molecule has 0 amide bonds. The molecular formula is C17H26N2O. The van der Waals surface area contributed by atoms with Gasteiger partial charge in [0.1, 0.15) is 5.75 Å². The normalized spacial score (nSPS) is 30.6. The molecule has 1 aromatic rings. The Morgan fingerprint density at radius 3 is 3.00 bits per heavy atom. The number of rotatable bonds is 3. The summed E-state index contributed by atoms with van der Waals surface area (Å²) in [5.41, 5.74) is 7.66. The Labute approximate surface area is 122 Å². The lowest BCUT2D eigenvalue weighted by atomic mass is 9.89. The lowest BCUT2D eigenvalue weighted by Gasteiger charge is -2.40. The predicted molar refractivity (Wildman–Crippen MR) is 81.9 cm³/mol. The number of piperidine rings is 1. The van der Waals surface area contributed by atoms with Crippen molar-refractivity contribution in [3.63, 3.8) is 0 Å². The van der Waals surface area contributed by atoms with Crippen LogP contribution in [0.5, 0.6) is 5.75 Å². The van der Waals surface area contributed by atoms with E-state index in [0.29, 0.717) is 5.92 Å². The smallest absolute Gasteiger partial charge is 0.124 e. The number of hydrogen-bond donors (Lipinski definition) is 1. The van der Waals surface area contributed by atoms with Crippen LogP contribution in [0, 0.1) is 5.92 Å². The Kier molecular flexibility index (Phi) is 4.27. The highest BCUT2D eigenvalue weighted by atomic mass is 16.5. The van der Waals surface area contributed by atoms with Gasteiger partial charge in [-0.05, 0) is 31.9 Å². The van der Waals surface area contributed by atoms with Gasteiger partial charge in [0.05, 0.1) is 6.61 Å². The molecule has 2 heterocycles. The molecule has 0 aromatic heterocycles. The van der Waals surface area contributed by atoms with E-state index < -0.39 is 0 Å². The van der Waals surface area contributed by atoms with Gasteiger partial charge in [-0.2, -0.15) is 0 Å². The average molecular weight is 274 g/mol. The summed E-state index contributed by atoms with van der Waals surface area (Å²) in [6.07, 6.45) is 5.30. The molecule has 2 aliphatic rings. The van der Waals surface area contributed by atoms with E-state index in [1.807, 2.05) is 12.1 Å². The van der Waals surface area contributed by atoms with Crippen LogP contribution in [0.3, 0.4) is 0 Å². The highest BCUT2D eigenvalue weighted by Crippen LogP contribution is 2.34. The molecule has 1 aromatic carbocycles. The van der Waals surface area contributed by atoms with Gasteiger partial charge < -0.3 is 10.5 Å². The number of benzene rings is 1. The minimum atomic E-state index is 0.111. The van der Waals surface area contributed by atoms with Crippen LogP contribution in [0.2, 0.25) is 0 Å². The monoisotopic (exact) mass is 274 g/mol. The van der Waals surface area contributed by atoms with Gasteiger partial charge in [-0.25, -0.2) is 0 Å². The molecule has 3 heteroatoms. The second-order valence-corrected chi connectivity index (χ2v) is 6.19. The van der Waals surface area contributed by atoms with Crippen molar-refractivity contribution in [2.45, 2.75) is 44.7 Å². The van der Waals surface area contributed by atoms with E-state index in [1.54, 1.807) is 0 Å².